The van der Waals surface area contributed by atoms with Gasteiger partial charge >= 0.3 is 5.97 Å². The smallest absolute Gasteiger partial charge is 0.335 e. The second-order valence-corrected chi connectivity index (χ2v) is 4.84. The first kappa shape index (κ1) is 10.5. The summed E-state index contributed by atoms with van der Waals surface area (Å²) in [4.78, 5) is 13.1. The highest BCUT2D eigenvalue weighted by Crippen LogP contribution is 2.41. The van der Waals surface area contributed by atoms with Gasteiger partial charge in [-0.3, -0.25) is 0 Å². The van der Waals surface area contributed by atoms with Crippen LogP contribution in [0.3, 0.4) is 0 Å². The average molecular weight is 270 g/mol. The molecule has 0 saturated carbocycles. The SMILES string of the molecule is CC1CN(C)c2c(Br)cc(C(=O)O)cc21. The van der Waals surface area contributed by atoms with E-state index in [1.165, 1.54) is 0 Å². The third-order valence-electron chi connectivity index (χ3n) is 2.80. The van der Waals surface area contributed by atoms with Crippen molar-refractivity contribution < 1.29 is 9.90 Å². The number of benzene rings is 1. The minimum atomic E-state index is -0.875. The van der Waals surface area contributed by atoms with Crippen LogP contribution < -0.4 is 4.90 Å². The zero-order chi connectivity index (χ0) is 11.2. The van der Waals surface area contributed by atoms with Gasteiger partial charge in [0.1, 0.15) is 0 Å². The van der Waals surface area contributed by atoms with Gasteiger partial charge in [0.05, 0.1) is 11.3 Å². The van der Waals surface area contributed by atoms with E-state index < -0.39 is 5.97 Å². The Kier molecular flexibility index (Phi) is 2.46. The summed E-state index contributed by atoms with van der Waals surface area (Å²) in [7, 11) is 2.02. The number of halogens is 1. The zero-order valence-corrected chi connectivity index (χ0v) is 10.2. The maximum atomic E-state index is 10.9. The Morgan fingerprint density at radius 2 is 2.27 bits per heavy atom. The Bertz CT molecular complexity index is 431. The minimum absolute atomic E-state index is 0.350. The van der Waals surface area contributed by atoms with Gasteiger partial charge in [-0.1, -0.05) is 6.92 Å². The third kappa shape index (κ3) is 1.63. The van der Waals surface area contributed by atoms with Crippen molar-refractivity contribution in [3.05, 3.63) is 27.7 Å². The topological polar surface area (TPSA) is 40.5 Å². The number of hydrogen-bond acceptors (Lipinski definition) is 2. The van der Waals surface area contributed by atoms with E-state index in [9.17, 15) is 4.79 Å². The van der Waals surface area contributed by atoms with Crippen molar-refractivity contribution in [3.63, 3.8) is 0 Å². The molecule has 0 saturated heterocycles. The van der Waals surface area contributed by atoms with Gasteiger partial charge in [-0.25, -0.2) is 4.79 Å². The summed E-state index contributed by atoms with van der Waals surface area (Å²) in [5.41, 5.74) is 2.58. The normalized spacial score (nSPS) is 19.1. The van der Waals surface area contributed by atoms with Crippen LogP contribution in [0.5, 0.6) is 0 Å². The number of hydrogen-bond donors (Lipinski definition) is 1. The minimum Gasteiger partial charge on any atom is -0.478 e. The molecule has 1 aliphatic heterocycles. The molecule has 0 radical (unpaired) electrons. The highest BCUT2D eigenvalue weighted by Gasteiger charge is 2.26. The van der Waals surface area contributed by atoms with Crippen molar-refractivity contribution in [1.29, 1.82) is 0 Å². The van der Waals surface area contributed by atoms with Gasteiger partial charge < -0.3 is 10.0 Å². The number of aromatic carboxylic acids is 1. The van der Waals surface area contributed by atoms with Gasteiger partial charge in [0.15, 0.2) is 0 Å². The number of carbonyl (C=O) groups is 1. The molecule has 1 aliphatic rings. The maximum absolute atomic E-state index is 10.9. The van der Waals surface area contributed by atoms with Crippen LogP contribution in [-0.4, -0.2) is 24.7 Å². The number of fused-ring (bicyclic) bond motifs is 1. The molecule has 1 aromatic carbocycles. The van der Waals surface area contributed by atoms with Gasteiger partial charge in [-0.05, 0) is 33.6 Å². The zero-order valence-electron chi connectivity index (χ0n) is 8.62. The molecule has 1 unspecified atom stereocenters. The Morgan fingerprint density at radius 3 is 2.87 bits per heavy atom. The fourth-order valence-corrected chi connectivity index (χ4v) is 2.90. The Balaban J connectivity index is 2.61. The molecule has 1 aromatic rings. The summed E-state index contributed by atoms with van der Waals surface area (Å²) in [5.74, 6) is -0.485. The molecule has 80 valence electrons. The van der Waals surface area contributed by atoms with Crippen molar-refractivity contribution >= 4 is 27.6 Å². The lowest BCUT2D eigenvalue weighted by Gasteiger charge is -2.13. The fourth-order valence-electron chi connectivity index (χ4n) is 2.12. The van der Waals surface area contributed by atoms with E-state index in [-0.39, 0.29) is 0 Å². The molecule has 4 heteroatoms. The van der Waals surface area contributed by atoms with Gasteiger partial charge in [-0.2, -0.15) is 0 Å². The van der Waals surface area contributed by atoms with Crippen LogP contribution in [-0.2, 0) is 0 Å². The molecule has 3 nitrogen and oxygen atoms in total. The highest BCUT2D eigenvalue weighted by atomic mass is 79.9. The van der Waals surface area contributed by atoms with E-state index in [0.29, 0.717) is 11.5 Å². The number of carboxylic acids is 1. The molecule has 0 amide bonds. The second kappa shape index (κ2) is 3.52. The molecule has 2 rings (SSSR count). The summed E-state index contributed by atoms with van der Waals surface area (Å²) in [6.07, 6.45) is 0. The largest absolute Gasteiger partial charge is 0.478 e. The van der Waals surface area contributed by atoms with Crippen molar-refractivity contribution in [2.45, 2.75) is 12.8 Å². The van der Waals surface area contributed by atoms with Crippen molar-refractivity contribution in [2.24, 2.45) is 0 Å². The number of likely N-dealkylation sites (N-methyl/N-ethyl adjacent to an activating group) is 1. The Hall–Kier alpha value is -1.03. The standard InChI is InChI=1S/C11H12BrNO2/c1-6-5-13(2)10-8(6)3-7(11(14)15)4-9(10)12/h3-4,6H,5H2,1-2H3,(H,14,15). The summed E-state index contributed by atoms with van der Waals surface area (Å²) >= 11 is 3.43. The molecular formula is C11H12BrNO2. The predicted octanol–water partition coefficient (Wildman–Crippen LogP) is 2.70. The molecule has 1 heterocycles. The van der Waals surface area contributed by atoms with Crippen LogP contribution in [0.1, 0.15) is 28.8 Å². The van der Waals surface area contributed by atoms with Gasteiger partial charge in [0.25, 0.3) is 0 Å². The number of anilines is 1. The van der Waals surface area contributed by atoms with Gasteiger partial charge in [-0.15, -0.1) is 0 Å². The lowest BCUT2D eigenvalue weighted by molar-refractivity contribution is 0.0696. The number of rotatable bonds is 1. The molecular weight excluding hydrogens is 258 g/mol. The Morgan fingerprint density at radius 1 is 1.60 bits per heavy atom. The lowest BCUT2D eigenvalue weighted by atomic mass is 10.0. The maximum Gasteiger partial charge on any atom is 0.335 e. The van der Waals surface area contributed by atoms with E-state index in [4.69, 9.17) is 5.11 Å². The molecule has 0 aliphatic carbocycles. The summed E-state index contributed by atoms with van der Waals surface area (Å²) in [5, 5.41) is 8.96. The van der Waals surface area contributed by atoms with Crippen molar-refractivity contribution in [1.82, 2.24) is 0 Å². The molecule has 0 spiro atoms. The molecule has 15 heavy (non-hydrogen) atoms. The third-order valence-corrected chi connectivity index (χ3v) is 3.40. The van der Waals surface area contributed by atoms with E-state index in [0.717, 1.165) is 22.3 Å². The van der Waals surface area contributed by atoms with Crippen molar-refractivity contribution in [3.8, 4) is 0 Å². The predicted molar refractivity (Wildman–Crippen MR) is 62.8 cm³/mol. The number of nitrogens with zero attached hydrogens (tertiary/aromatic N) is 1. The van der Waals surface area contributed by atoms with Crippen LogP contribution in [0.2, 0.25) is 0 Å². The number of carboxylic acid groups (broad SMARTS) is 1. The van der Waals surface area contributed by atoms with Gasteiger partial charge in [0.2, 0.25) is 0 Å². The summed E-state index contributed by atoms with van der Waals surface area (Å²) in [6, 6.07) is 3.44. The van der Waals surface area contributed by atoms with E-state index >= 15 is 0 Å². The van der Waals surface area contributed by atoms with Crippen LogP contribution in [0.15, 0.2) is 16.6 Å². The monoisotopic (exact) mass is 269 g/mol. The lowest BCUT2D eigenvalue weighted by Crippen LogP contribution is -2.14. The second-order valence-electron chi connectivity index (χ2n) is 3.98. The quantitative estimate of drug-likeness (QED) is 0.852. The molecule has 0 bridgehead atoms. The average Bonchev–Trinajstić information content (AvgIpc) is 2.42. The van der Waals surface area contributed by atoms with Gasteiger partial charge in [0, 0.05) is 24.0 Å². The fraction of sp³-hybridized carbons (Fsp3) is 0.364. The van der Waals surface area contributed by atoms with Crippen molar-refractivity contribution in [2.75, 3.05) is 18.5 Å². The first-order chi connectivity index (χ1) is 7.00. The summed E-state index contributed by atoms with van der Waals surface area (Å²) in [6.45, 7) is 3.05. The van der Waals surface area contributed by atoms with E-state index in [1.807, 2.05) is 7.05 Å². The summed E-state index contributed by atoms with van der Waals surface area (Å²) < 4.78 is 0.865. The van der Waals surface area contributed by atoms with Crippen LogP contribution >= 0.6 is 15.9 Å². The molecule has 1 atom stereocenters. The Labute approximate surface area is 96.8 Å². The molecule has 0 fully saturated rings. The van der Waals surface area contributed by atoms with Crippen LogP contribution in [0, 0.1) is 0 Å². The van der Waals surface area contributed by atoms with E-state index in [1.54, 1.807) is 12.1 Å². The first-order valence-corrected chi connectivity index (χ1v) is 5.58. The van der Waals surface area contributed by atoms with Crippen LogP contribution in [0.25, 0.3) is 0 Å². The molecule has 0 aromatic heterocycles. The first-order valence-electron chi connectivity index (χ1n) is 4.78. The van der Waals surface area contributed by atoms with Crippen LogP contribution in [0.4, 0.5) is 5.69 Å². The highest BCUT2D eigenvalue weighted by molar-refractivity contribution is 9.10. The van der Waals surface area contributed by atoms with E-state index in [2.05, 4.69) is 27.8 Å². The molecule has 1 N–H and O–H groups in total.